The summed E-state index contributed by atoms with van der Waals surface area (Å²) in [5.74, 6) is 1.19. The second kappa shape index (κ2) is 15.1. The summed E-state index contributed by atoms with van der Waals surface area (Å²) in [6, 6.07) is 23.1. The summed E-state index contributed by atoms with van der Waals surface area (Å²) in [6.07, 6.45) is 4.36. The van der Waals surface area contributed by atoms with E-state index >= 15 is 0 Å². The number of urea groups is 1. The van der Waals surface area contributed by atoms with Crippen LogP contribution in [0.3, 0.4) is 0 Å². The third kappa shape index (κ3) is 9.30. The number of likely N-dealkylation sites (tertiary alicyclic amines) is 1. The molecule has 2 N–H and O–H groups in total. The van der Waals surface area contributed by atoms with Crippen LogP contribution in [0, 0.1) is 5.82 Å². The number of carbonyl (C=O) groups excluding carboxylic acids is 1. The minimum Gasteiger partial charge on any atom is -0.495 e. The van der Waals surface area contributed by atoms with Crippen molar-refractivity contribution in [2.24, 2.45) is 0 Å². The van der Waals surface area contributed by atoms with Crippen LogP contribution in [0.1, 0.15) is 18.4 Å². The molecule has 10 nitrogen and oxygen atoms in total. The van der Waals surface area contributed by atoms with Gasteiger partial charge in [-0.25, -0.2) is 22.6 Å². The Bertz CT molecular complexity index is 1670. The van der Waals surface area contributed by atoms with E-state index in [1.54, 1.807) is 48.5 Å². The normalized spacial score (nSPS) is 13.8. The second-order valence-corrected chi connectivity index (χ2v) is 12.2. The van der Waals surface area contributed by atoms with Crippen LogP contribution in [0.5, 0.6) is 17.4 Å². The number of anilines is 3. The second-order valence-electron chi connectivity index (χ2n) is 10.5. The highest BCUT2D eigenvalue weighted by Crippen LogP contribution is 2.33. The number of ether oxygens (including phenoxy) is 2. The van der Waals surface area contributed by atoms with Crippen LogP contribution in [-0.2, 0) is 16.6 Å². The number of nitrogens with zero attached hydrogens (tertiary/aromatic N) is 3. The number of methoxy groups -OCH3 is 1. The van der Waals surface area contributed by atoms with Gasteiger partial charge in [-0.15, -0.1) is 12.4 Å². The molecule has 3 aromatic carbocycles. The highest BCUT2D eigenvalue weighted by Gasteiger charge is 2.31. The summed E-state index contributed by atoms with van der Waals surface area (Å²) >= 11 is 0. The molecule has 45 heavy (non-hydrogen) atoms. The van der Waals surface area contributed by atoms with Crippen molar-refractivity contribution in [3.8, 4) is 17.4 Å². The Morgan fingerprint density at radius 3 is 2.27 bits per heavy atom. The van der Waals surface area contributed by atoms with E-state index in [-0.39, 0.29) is 30.3 Å². The first kappa shape index (κ1) is 33.5. The fraction of sp³-hybridized carbons (Fsp3) is 0.250. The molecule has 1 saturated heterocycles. The number of piperidine rings is 1. The van der Waals surface area contributed by atoms with Crippen LogP contribution in [0.2, 0.25) is 0 Å². The van der Waals surface area contributed by atoms with Crippen LogP contribution in [0.4, 0.5) is 26.2 Å². The predicted octanol–water partition coefficient (Wildman–Crippen LogP) is 6.52. The molecule has 2 amide bonds. The van der Waals surface area contributed by atoms with E-state index in [1.807, 2.05) is 30.3 Å². The Morgan fingerprint density at radius 1 is 0.978 bits per heavy atom. The largest absolute Gasteiger partial charge is 0.495 e. The van der Waals surface area contributed by atoms with Gasteiger partial charge in [-0.2, -0.15) is 0 Å². The summed E-state index contributed by atoms with van der Waals surface area (Å²) in [7, 11) is -1.77. The number of carbonyl (C=O) groups is 1. The molecule has 1 aliphatic rings. The molecular weight excluding hydrogens is 621 g/mol. The van der Waals surface area contributed by atoms with Gasteiger partial charge in [0, 0.05) is 49.3 Å². The molecule has 1 aliphatic heterocycles. The third-order valence-corrected chi connectivity index (χ3v) is 7.77. The van der Waals surface area contributed by atoms with E-state index in [9.17, 15) is 17.6 Å². The lowest BCUT2D eigenvalue weighted by Gasteiger charge is -2.39. The van der Waals surface area contributed by atoms with Gasteiger partial charge in [0.15, 0.2) is 0 Å². The van der Waals surface area contributed by atoms with Crippen molar-refractivity contribution < 1.29 is 27.1 Å². The summed E-state index contributed by atoms with van der Waals surface area (Å²) in [6.45, 7) is 2.24. The molecule has 238 valence electrons. The number of hydrogen-bond donors (Lipinski definition) is 2. The lowest BCUT2D eigenvalue weighted by molar-refractivity contribution is 0.199. The van der Waals surface area contributed by atoms with Gasteiger partial charge >= 0.3 is 6.03 Å². The number of pyridine rings is 1. The van der Waals surface area contributed by atoms with Crippen LogP contribution < -0.4 is 24.4 Å². The molecular formula is C32H35ClFN5O5S. The van der Waals surface area contributed by atoms with E-state index in [4.69, 9.17) is 9.47 Å². The van der Waals surface area contributed by atoms with Crippen LogP contribution >= 0.6 is 12.4 Å². The summed E-state index contributed by atoms with van der Waals surface area (Å²) in [5, 5.41) is 2.91. The molecule has 1 fully saturated rings. The fourth-order valence-corrected chi connectivity index (χ4v) is 5.67. The van der Waals surface area contributed by atoms with Gasteiger partial charge in [0.05, 0.1) is 19.1 Å². The zero-order valence-electron chi connectivity index (χ0n) is 24.9. The molecule has 4 aromatic rings. The molecule has 0 bridgehead atoms. The van der Waals surface area contributed by atoms with Crippen LogP contribution in [-0.4, -0.2) is 56.8 Å². The van der Waals surface area contributed by atoms with E-state index < -0.39 is 10.0 Å². The lowest BCUT2D eigenvalue weighted by Crippen LogP contribution is -2.49. The van der Waals surface area contributed by atoms with Gasteiger partial charge in [0.25, 0.3) is 0 Å². The topological polar surface area (TPSA) is 113 Å². The summed E-state index contributed by atoms with van der Waals surface area (Å²) in [5.41, 5.74) is 2.66. The minimum atomic E-state index is -3.35. The first-order valence-electron chi connectivity index (χ1n) is 14.1. The van der Waals surface area contributed by atoms with Gasteiger partial charge < -0.3 is 14.8 Å². The molecule has 0 saturated carbocycles. The van der Waals surface area contributed by atoms with Gasteiger partial charge in [0.1, 0.15) is 17.3 Å². The average molecular weight is 656 g/mol. The van der Waals surface area contributed by atoms with Gasteiger partial charge in [-0.3, -0.25) is 14.5 Å². The van der Waals surface area contributed by atoms with Crippen molar-refractivity contribution in [2.75, 3.05) is 41.4 Å². The monoisotopic (exact) mass is 655 g/mol. The maximum absolute atomic E-state index is 13.6. The molecule has 1 aromatic heterocycles. The van der Waals surface area contributed by atoms with Crippen molar-refractivity contribution in [3.63, 3.8) is 0 Å². The van der Waals surface area contributed by atoms with E-state index in [0.717, 1.165) is 37.8 Å². The highest BCUT2D eigenvalue weighted by molar-refractivity contribution is 7.92. The SMILES string of the molecule is COc1ccccc1N(C(=O)Nc1ccc(F)cc1)C1CCN(Cc2ccc(Oc3ccc(NS(C)(=O)=O)cc3)nc2)CC1.Cl. The molecule has 13 heteroatoms. The molecule has 2 heterocycles. The number of amides is 2. The highest BCUT2D eigenvalue weighted by atomic mass is 35.5. The zero-order valence-corrected chi connectivity index (χ0v) is 26.5. The maximum atomic E-state index is 13.6. The maximum Gasteiger partial charge on any atom is 0.326 e. The van der Waals surface area contributed by atoms with E-state index in [0.29, 0.717) is 41.0 Å². The van der Waals surface area contributed by atoms with Gasteiger partial charge in [-0.05, 0) is 79.1 Å². The van der Waals surface area contributed by atoms with Crippen molar-refractivity contribution in [3.05, 3.63) is 103 Å². The quantitative estimate of drug-likeness (QED) is 0.200. The van der Waals surface area contributed by atoms with Crippen molar-refractivity contribution in [1.29, 1.82) is 0 Å². The van der Waals surface area contributed by atoms with Crippen LogP contribution in [0.15, 0.2) is 91.1 Å². The Labute approximate surface area is 268 Å². The third-order valence-electron chi connectivity index (χ3n) is 7.17. The summed E-state index contributed by atoms with van der Waals surface area (Å²) in [4.78, 5) is 22.1. The van der Waals surface area contributed by atoms with Crippen molar-refractivity contribution in [2.45, 2.75) is 25.4 Å². The zero-order chi connectivity index (χ0) is 31.1. The Morgan fingerprint density at radius 2 is 1.64 bits per heavy atom. The number of aromatic nitrogens is 1. The van der Waals surface area contributed by atoms with E-state index in [1.165, 1.54) is 24.3 Å². The number of halogens is 2. The summed E-state index contributed by atoms with van der Waals surface area (Å²) < 4.78 is 50.0. The lowest BCUT2D eigenvalue weighted by atomic mass is 10.0. The van der Waals surface area contributed by atoms with E-state index in [2.05, 4.69) is 19.9 Å². The molecule has 0 radical (unpaired) electrons. The standard InChI is InChI=1S/C32H34FN5O5S.ClH/c1-42-30-6-4-3-5-29(30)38(32(39)35-25-10-8-24(33)9-11-25)27-17-19-37(20-18-27)22-23-7-16-31(34-21-23)43-28-14-12-26(13-15-28)36-44(2,40)41;/h3-16,21,27,36H,17-20,22H2,1-2H3,(H,35,39);1H. The average Bonchev–Trinajstić information content (AvgIpc) is 3.01. The minimum absolute atomic E-state index is 0. The molecule has 0 atom stereocenters. The molecule has 5 rings (SSSR count). The number of rotatable bonds is 10. The number of para-hydroxylation sites is 2. The predicted molar refractivity (Wildman–Crippen MR) is 176 cm³/mol. The molecule has 0 spiro atoms. The number of benzene rings is 3. The number of sulfonamides is 1. The number of nitrogens with one attached hydrogen (secondary N) is 2. The first-order chi connectivity index (χ1) is 21.2. The Balaban J connectivity index is 0.00000461. The Hall–Kier alpha value is -4.39. The molecule has 0 aliphatic carbocycles. The van der Waals surface area contributed by atoms with Crippen molar-refractivity contribution in [1.82, 2.24) is 9.88 Å². The molecule has 0 unspecified atom stereocenters. The van der Waals surface area contributed by atoms with Crippen molar-refractivity contribution >= 4 is 45.5 Å². The Kier molecular flexibility index (Phi) is 11.2. The first-order valence-corrected chi connectivity index (χ1v) is 16.0. The number of hydrogen-bond acceptors (Lipinski definition) is 7. The fourth-order valence-electron chi connectivity index (χ4n) is 5.10. The van der Waals surface area contributed by atoms with Crippen LogP contribution in [0.25, 0.3) is 0 Å². The smallest absolute Gasteiger partial charge is 0.326 e. The van der Waals surface area contributed by atoms with Gasteiger partial charge in [0.2, 0.25) is 15.9 Å². The van der Waals surface area contributed by atoms with Gasteiger partial charge in [-0.1, -0.05) is 18.2 Å².